The summed E-state index contributed by atoms with van der Waals surface area (Å²) in [5.74, 6) is 0.899. The van der Waals surface area contributed by atoms with Crippen LogP contribution in [-0.2, 0) is 0 Å². The molecule has 158 valence electrons. The first-order valence-electron chi connectivity index (χ1n) is 11.4. The lowest BCUT2D eigenvalue weighted by Crippen LogP contribution is -2.45. The maximum atomic E-state index is 10.8. The van der Waals surface area contributed by atoms with E-state index in [1.165, 1.54) is 69.0 Å². The number of hydrogen-bond donors (Lipinski definition) is 1. The number of aliphatic hydroxyl groups is 1. The van der Waals surface area contributed by atoms with Crippen molar-refractivity contribution in [1.82, 2.24) is 4.90 Å². The molecule has 4 rings (SSSR count). The highest BCUT2D eigenvalue weighted by Gasteiger charge is 2.30. The Morgan fingerprint density at radius 2 is 1.45 bits per heavy atom. The first-order chi connectivity index (χ1) is 13.8. The van der Waals surface area contributed by atoms with Crippen molar-refractivity contribution < 1.29 is 5.11 Å². The Morgan fingerprint density at radius 3 is 2.17 bits per heavy atom. The quantitative estimate of drug-likeness (QED) is 0.574. The summed E-state index contributed by atoms with van der Waals surface area (Å²) in [6.07, 6.45) is 11.7. The Morgan fingerprint density at radius 1 is 0.793 bits per heavy atom. The summed E-state index contributed by atoms with van der Waals surface area (Å²) in [5, 5.41) is 10.8. The number of rotatable bonds is 6. The van der Waals surface area contributed by atoms with Gasteiger partial charge in [0.15, 0.2) is 0 Å². The van der Waals surface area contributed by atoms with E-state index in [1.807, 2.05) is 6.07 Å². The van der Waals surface area contributed by atoms with E-state index < -0.39 is 0 Å². The van der Waals surface area contributed by atoms with Gasteiger partial charge in [0.2, 0.25) is 0 Å². The van der Waals surface area contributed by atoms with E-state index in [-0.39, 0.29) is 18.5 Å². The minimum absolute atomic E-state index is 0. The highest BCUT2D eigenvalue weighted by Crippen LogP contribution is 2.34. The summed E-state index contributed by atoms with van der Waals surface area (Å²) >= 11 is 0. The molecule has 2 nitrogen and oxygen atoms in total. The van der Waals surface area contributed by atoms with Crippen molar-refractivity contribution in [2.45, 2.75) is 69.9 Å². The van der Waals surface area contributed by atoms with Gasteiger partial charge in [0, 0.05) is 12.6 Å². The van der Waals surface area contributed by atoms with E-state index in [2.05, 4.69) is 53.4 Å². The zero-order valence-electron chi connectivity index (χ0n) is 17.5. The van der Waals surface area contributed by atoms with Crippen LogP contribution >= 0.6 is 12.4 Å². The number of likely N-dealkylation sites (tertiary alicyclic amines) is 1. The van der Waals surface area contributed by atoms with Gasteiger partial charge in [-0.1, -0.05) is 80.3 Å². The van der Waals surface area contributed by atoms with Crippen LogP contribution < -0.4 is 0 Å². The van der Waals surface area contributed by atoms with Crippen LogP contribution in [-0.4, -0.2) is 29.1 Å². The highest BCUT2D eigenvalue weighted by molar-refractivity contribution is 5.85. The molecule has 1 N–H and O–H groups in total. The molecule has 2 aliphatic rings. The molecule has 0 amide bonds. The van der Waals surface area contributed by atoms with Crippen molar-refractivity contribution in [3.8, 4) is 11.1 Å². The first kappa shape index (κ1) is 22.3. The molecule has 1 saturated carbocycles. The molecule has 0 bridgehead atoms. The monoisotopic (exact) mass is 413 g/mol. The maximum absolute atomic E-state index is 10.8. The van der Waals surface area contributed by atoms with Crippen molar-refractivity contribution >= 4 is 12.4 Å². The molecular formula is C26H36ClNO. The average Bonchev–Trinajstić information content (AvgIpc) is 2.79. The van der Waals surface area contributed by atoms with Crippen LogP contribution in [0.1, 0.15) is 69.5 Å². The van der Waals surface area contributed by atoms with Crippen LogP contribution in [0, 0.1) is 5.92 Å². The molecule has 0 aromatic heterocycles. The first-order valence-corrected chi connectivity index (χ1v) is 11.4. The lowest BCUT2D eigenvalue weighted by atomic mass is 9.80. The van der Waals surface area contributed by atoms with Gasteiger partial charge in [-0.3, -0.25) is 0 Å². The van der Waals surface area contributed by atoms with Crippen molar-refractivity contribution in [2.24, 2.45) is 5.92 Å². The van der Waals surface area contributed by atoms with Crippen molar-refractivity contribution in [1.29, 1.82) is 0 Å². The predicted molar refractivity (Wildman–Crippen MR) is 124 cm³/mol. The number of nitrogens with zero attached hydrogens (tertiary/aromatic N) is 1. The van der Waals surface area contributed by atoms with E-state index in [0.717, 1.165) is 30.5 Å². The maximum Gasteiger partial charge on any atom is 0.0802 e. The average molecular weight is 414 g/mol. The fourth-order valence-electron chi connectivity index (χ4n) is 5.33. The smallest absolute Gasteiger partial charge is 0.0802 e. The van der Waals surface area contributed by atoms with E-state index in [9.17, 15) is 5.11 Å². The van der Waals surface area contributed by atoms with Gasteiger partial charge in [-0.25, -0.2) is 0 Å². The summed E-state index contributed by atoms with van der Waals surface area (Å²) in [4.78, 5) is 2.71. The topological polar surface area (TPSA) is 23.5 Å². The molecule has 2 fully saturated rings. The summed E-state index contributed by atoms with van der Waals surface area (Å²) < 4.78 is 0. The lowest BCUT2D eigenvalue weighted by molar-refractivity contribution is 0.0618. The highest BCUT2D eigenvalue weighted by atomic mass is 35.5. The fourth-order valence-corrected chi connectivity index (χ4v) is 5.33. The van der Waals surface area contributed by atoms with Gasteiger partial charge in [0.05, 0.1) is 6.10 Å². The molecule has 2 aromatic rings. The molecule has 1 heterocycles. The number of benzene rings is 2. The number of halogens is 1. The molecule has 3 heteroatoms. The van der Waals surface area contributed by atoms with Crippen LogP contribution in [0.25, 0.3) is 11.1 Å². The lowest BCUT2D eigenvalue weighted by Gasteiger charge is -2.42. The summed E-state index contributed by atoms with van der Waals surface area (Å²) in [6.45, 7) is 2.25. The van der Waals surface area contributed by atoms with Crippen molar-refractivity contribution in [2.75, 3.05) is 13.1 Å². The predicted octanol–water partition coefficient (Wildman–Crippen LogP) is 6.63. The van der Waals surface area contributed by atoms with Gasteiger partial charge in [-0.15, -0.1) is 12.4 Å². The number of hydrogen-bond acceptors (Lipinski definition) is 2. The molecule has 29 heavy (non-hydrogen) atoms. The summed E-state index contributed by atoms with van der Waals surface area (Å²) in [5.41, 5.74) is 3.49. The molecule has 2 atom stereocenters. The molecule has 0 spiro atoms. The SMILES string of the molecule is Cl.OC(CCN1CCCCC1C1CCCCC1)c1ccc(-c2ccccc2)cc1. The van der Waals surface area contributed by atoms with Gasteiger partial charge in [0.25, 0.3) is 0 Å². The largest absolute Gasteiger partial charge is 0.388 e. The van der Waals surface area contributed by atoms with Crippen LogP contribution in [0.3, 0.4) is 0 Å². The number of piperidine rings is 1. The van der Waals surface area contributed by atoms with Gasteiger partial charge in [-0.2, -0.15) is 0 Å². The van der Waals surface area contributed by atoms with E-state index in [0.29, 0.717) is 0 Å². The van der Waals surface area contributed by atoms with Crippen LogP contribution in [0.4, 0.5) is 0 Å². The zero-order valence-corrected chi connectivity index (χ0v) is 18.3. The molecule has 1 aliphatic heterocycles. The van der Waals surface area contributed by atoms with Gasteiger partial charge in [0.1, 0.15) is 0 Å². The molecule has 1 saturated heterocycles. The summed E-state index contributed by atoms with van der Waals surface area (Å²) in [6, 6.07) is 19.7. The van der Waals surface area contributed by atoms with E-state index >= 15 is 0 Å². The van der Waals surface area contributed by atoms with Crippen molar-refractivity contribution in [3.05, 3.63) is 60.2 Å². The second kappa shape index (κ2) is 11.2. The Balaban J connectivity index is 0.00000240. The molecular weight excluding hydrogens is 378 g/mol. The minimum Gasteiger partial charge on any atom is -0.388 e. The van der Waals surface area contributed by atoms with E-state index in [4.69, 9.17) is 0 Å². The second-order valence-electron chi connectivity index (χ2n) is 8.79. The van der Waals surface area contributed by atoms with Gasteiger partial charge < -0.3 is 10.0 Å². The third kappa shape index (κ3) is 5.84. The Hall–Kier alpha value is -1.35. The summed E-state index contributed by atoms with van der Waals surface area (Å²) in [7, 11) is 0. The molecule has 0 radical (unpaired) electrons. The van der Waals surface area contributed by atoms with Crippen LogP contribution in [0.5, 0.6) is 0 Å². The fraction of sp³-hybridized carbons (Fsp3) is 0.538. The molecule has 1 aliphatic carbocycles. The van der Waals surface area contributed by atoms with Crippen LogP contribution in [0.2, 0.25) is 0 Å². The van der Waals surface area contributed by atoms with Gasteiger partial charge in [-0.05, 0) is 61.3 Å². The zero-order chi connectivity index (χ0) is 19.2. The Kier molecular flexibility index (Phi) is 8.59. The standard InChI is InChI=1S/C26H35NO.ClH/c28-26(24-16-14-22(15-17-24)21-9-3-1-4-10-21)18-20-27-19-8-7-13-25(27)23-11-5-2-6-12-23;/h1,3-4,9-10,14-17,23,25-26,28H,2,5-8,11-13,18-20H2;1H. The third-order valence-electron chi connectivity index (χ3n) is 6.95. The molecule has 2 aromatic carbocycles. The Labute approximate surface area is 182 Å². The minimum atomic E-state index is -0.362. The second-order valence-corrected chi connectivity index (χ2v) is 8.79. The van der Waals surface area contributed by atoms with Crippen molar-refractivity contribution in [3.63, 3.8) is 0 Å². The molecule has 2 unspecified atom stereocenters. The third-order valence-corrected chi connectivity index (χ3v) is 6.95. The van der Waals surface area contributed by atoms with Gasteiger partial charge >= 0.3 is 0 Å². The van der Waals surface area contributed by atoms with Crippen LogP contribution in [0.15, 0.2) is 54.6 Å². The van der Waals surface area contributed by atoms with E-state index in [1.54, 1.807) is 0 Å². The number of aliphatic hydroxyl groups excluding tert-OH is 1. The Bertz CT molecular complexity index is 711. The normalized spacial score (nSPS) is 22.0.